The summed E-state index contributed by atoms with van der Waals surface area (Å²) in [5.41, 5.74) is 0. The molecule has 1 aliphatic rings. The fourth-order valence-electron chi connectivity index (χ4n) is 2.12. The van der Waals surface area contributed by atoms with Crippen LogP contribution in [-0.4, -0.2) is 40.5 Å². The van der Waals surface area contributed by atoms with E-state index in [1.165, 1.54) is 0 Å². The maximum absolute atomic E-state index is 5.34. The normalized spacial score (nSPS) is 26.0. The first-order chi connectivity index (χ1) is 7.35. The first kappa shape index (κ1) is 10.5. The summed E-state index contributed by atoms with van der Waals surface area (Å²) in [6.45, 7) is 0.709. The molecule has 0 spiro atoms. The lowest BCUT2D eigenvalue weighted by Crippen LogP contribution is -2.17. The number of hydrogen-bond acceptors (Lipinski definition) is 5. The van der Waals surface area contributed by atoms with E-state index in [0.29, 0.717) is 18.7 Å². The quantitative estimate of drug-likeness (QED) is 0.767. The fourth-order valence-corrected chi connectivity index (χ4v) is 2.12. The number of rotatable bonds is 4. The molecule has 0 aromatic carbocycles. The third-order valence-electron chi connectivity index (χ3n) is 2.93. The van der Waals surface area contributed by atoms with Crippen LogP contribution in [0.25, 0.3) is 0 Å². The van der Waals surface area contributed by atoms with Gasteiger partial charge >= 0.3 is 0 Å². The van der Waals surface area contributed by atoms with Crippen molar-refractivity contribution < 1.29 is 4.74 Å². The van der Waals surface area contributed by atoms with Crippen LogP contribution in [-0.2, 0) is 11.3 Å². The molecule has 1 N–H and O–H groups in total. The van der Waals surface area contributed by atoms with Crippen molar-refractivity contribution in [2.75, 3.05) is 14.2 Å². The standard InChI is InChI=1S/C9H17N5O/c1-10-6-9-11-12-13-14(9)7-3-4-8(5-7)15-2/h7-8,10H,3-6H2,1-2H3. The predicted molar refractivity (Wildman–Crippen MR) is 54.3 cm³/mol. The van der Waals surface area contributed by atoms with Gasteiger partial charge < -0.3 is 10.1 Å². The second-order valence-electron chi connectivity index (χ2n) is 3.89. The number of hydrogen-bond donors (Lipinski definition) is 1. The highest BCUT2D eigenvalue weighted by Crippen LogP contribution is 2.31. The Morgan fingerprint density at radius 2 is 2.40 bits per heavy atom. The van der Waals surface area contributed by atoms with Gasteiger partial charge in [-0.05, 0) is 36.7 Å². The molecule has 1 saturated carbocycles. The monoisotopic (exact) mass is 211 g/mol. The zero-order valence-electron chi connectivity index (χ0n) is 9.18. The van der Waals surface area contributed by atoms with Crippen LogP contribution in [0.2, 0.25) is 0 Å². The molecule has 84 valence electrons. The average Bonchev–Trinajstić information content (AvgIpc) is 2.85. The highest BCUT2D eigenvalue weighted by molar-refractivity contribution is 4.88. The van der Waals surface area contributed by atoms with Crippen molar-refractivity contribution in [1.82, 2.24) is 25.5 Å². The van der Waals surface area contributed by atoms with Gasteiger partial charge in [-0.3, -0.25) is 0 Å². The smallest absolute Gasteiger partial charge is 0.165 e. The molecule has 0 aliphatic heterocycles. The number of tetrazole rings is 1. The summed E-state index contributed by atoms with van der Waals surface area (Å²) in [5, 5.41) is 14.8. The topological polar surface area (TPSA) is 64.9 Å². The van der Waals surface area contributed by atoms with Gasteiger partial charge in [-0.2, -0.15) is 0 Å². The highest BCUT2D eigenvalue weighted by atomic mass is 16.5. The van der Waals surface area contributed by atoms with Crippen molar-refractivity contribution in [2.24, 2.45) is 0 Å². The minimum Gasteiger partial charge on any atom is -0.381 e. The van der Waals surface area contributed by atoms with Crippen LogP contribution in [0.15, 0.2) is 0 Å². The molecule has 1 aliphatic carbocycles. The van der Waals surface area contributed by atoms with Gasteiger partial charge in [0.2, 0.25) is 0 Å². The first-order valence-corrected chi connectivity index (χ1v) is 5.29. The van der Waals surface area contributed by atoms with Crippen LogP contribution in [0.4, 0.5) is 0 Å². The highest BCUT2D eigenvalue weighted by Gasteiger charge is 2.28. The summed E-state index contributed by atoms with van der Waals surface area (Å²) in [7, 11) is 3.66. The fraction of sp³-hybridized carbons (Fsp3) is 0.889. The van der Waals surface area contributed by atoms with E-state index in [1.54, 1.807) is 7.11 Å². The van der Waals surface area contributed by atoms with E-state index in [1.807, 2.05) is 11.7 Å². The molecule has 6 nitrogen and oxygen atoms in total. The lowest BCUT2D eigenvalue weighted by Gasteiger charge is -2.12. The molecule has 0 bridgehead atoms. The van der Waals surface area contributed by atoms with E-state index in [4.69, 9.17) is 4.74 Å². The Bertz CT molecular complexity index is 313. The lowest BCUT2D eigenvalue weighted by atomic mass is 10.2. The zero-order chi connectivity index (χ0) is 10.7. The predicted octanol–water partition coefficient (Wildman–Crippen LogP) is 0.132. The minimum atomic E-state index is 0.363. The van der Waals surface area contributed by atoms with E-state index in [2.05, 4.69) is 20.8 Å². The Morgan fingerprint density at radius 3 is 3.07 bits per heavy atom. The largest absolute Gasteiger partial charge is 0.381 e. The van der Waals surface area contributed by atoms with Gasteiger partial charge in [0.25, 0.3) is 0 Å². The summed E-state index contributed by atoms with van der Waals surface area (Å²) in [6.07, 6.45) is 3.57. The Balaban J connectivity index is 2.06. The Hall–Kier alpha value is -1.01. The van der Waals surface area contributed by atoms with Crippen molar-refractivity contribution in [2.45, 2.75) is 38.0 Å². The van der Waals surface area contributed by atoms with E-state index in [-0.39, 0.29) is 0 Å². The molecule has 1 aromatic rings. The third kappa shape index (κ3) is 2.15. The third-order valence-corrected chi connectivity index (χ3v) is 2.93. The van der Waals surface area contributed by atoms with Crippen LogP contribution in [0, 0.1) is 0 Å². The van der Waals surface area contributed by atoms with Crippen molar-refractivity contribution in [3.63, 3.8) is 0 Å². The molecule has 0 radical (unpaired) electrons. The summed E-state index contributed by atoms with van der Waals surface area (Å²) in [6, 6.07) is 0.397. The Kier molecular flexibility index (Phi) is 3.27. The number of aromatic nitrogens is 4. The van der Waals surface area contributed by atoms with Gasteiger partial charge in [0.05, 0.1) is 18.7 Å². The van der Waals surface area contributed by atoms with E-state index >= 15 is 0 Å². The van der Waals surface area contributed by atoms with Crippen molar-refractivity contribution >= 4 is 0 Å². The molecular weight excluding hydrogens is 194 g/mol. The first-order valence-electron chi connectivity index (χ1n) is 5.29. The molecule has 0 amide bonds. The molecule has 1 fully saturated rings. The second-order valence-corrected chi connectivity index (χ2v) is 3.89. The summed E-state index contributed by atoms with van der Waals surface area (Å²) >= 11 is 0. The Labute approximate surface area is 89.0 Å². The molecule has 6 heteroatoms. The molecule has 2 atom stereocenters. The van der Waals surface area contributed by atoms with Crippen molar-refractivity contribution in [1.29, 1.82) is 0 Å². The molecule has 2 unspecified atom stereocenters. The van der Waals surface area contributed by atoms with E-state index in [0.717, 1.165) is 25.1 Å². The van der Waals surface area contributed by atoms with Crippen molar-refractivity contribution in [3.8, 4) is 0 Å². The van der Waals surface area contributed by atoms with E-state index < -0.39 is 0 Å². The molecule has 0 saturated heterocycles. The molecule has 1 aromatic heterocycles. The van der Waals surface area contributed by atoms with Crippen LogP contribution in [0.3, 0.4) is 0 Å². The van der Waals surface area contributed by atoms with Gasteiger partial charge in [0.15, 0.2) is 5.82 Å². The molecule has 2 rings (SSSR count). The van der Waals surface area contributed by atoms with Gasteiger partial charge in [-0.15, -0.1) is 5.10 Å². The minimum absolute atomic E-state index is 0.363. The lowest BCUT2D eigenvalue weighted by molar-refractivity contribution is 0.105. The van der Waals surface area contributed by atoms with Crippen LogP contribution in [0.1, 0.15) is 31.1 Å². The molecular formula is C9H17N5O. The summed E-state index contributed by atoms with van der Waals surface area (Å²) in [4.78, 5) is 0. The molecule has 15 heavy (non-hydrogen) atoms. The SMILES string of the molecule is CNCc1nnnn1C1CCC(OC)C1. The summed E-state index contributed by atoms with van der Waals surface area (Å²) < 4.78 is 7.27. The number of nitrogens with one attached hydrogen (secondary N) is 1. The van der Waals surface area contributed by atoms with Gasteiger partial charge in [-0.25, -0.2) is 4.68 Å². The van der Waals surface area contributed by atoms with Crippen LogP contribution in [0.5, 0.6) is 0 Å². The number of ether oxygens (including phenoxy) is 1. The second kappa shape index (κ2) is 4.67. The maximum Gasteiger partial charge on any atom is 0.165 e. The van der Waals surface area contributed by atoms with Crippen LogP contribution >= 0.6 is 0 Å². The zero-order valence-corrected chi connectivity index (χ0v) is 9.18. The van der Waals surface area contributed by atoms with Gasteiger partial charge in [-0.1, -0.05) is 0 Å². The van der Waals surface area contributed by atoms with Crippen LogP contribution < -0.4 is 5.32 Å². The van der Waals surface area contributed by atoms with Gasteiger partial charge in [0.1, 0.15) is 0 Å². The molecule has 1 heterocycles. The maximum atomic E-state index is 5.34. The van der Waals surface area contributed by atoms with Gasteiger partial charge in [0, 0.05) is 7.11 Å². The number of nitrogens with zero attached hydrogens (tertiary/aromatic N) is 4. The number of methoxy groups -OCH3 is 1. The average molecular weight is 211 g/mol. The summed E-state index contributed by atoms with van der Waals surface area (Å²) in [5.74, 6) is 0.902. The van der Waals surface area contributed by atoms with Crippen molar-refractivity contribution in [3.05, 3.63) is 5.82 Å². The Morgan fingerprint density at radius 1 is 1.53 bits per heavy atom. The van der Waals surface area contributed by atoms with E-state index in [9.17, 15) is 0 Å².